The summed E-state index contributed by atoms with van der Waals surface area (Å²) in [6, 6.07) is 12.1. The van der Waals surface area contributed by atoms with Crippen LogP contribution < -0.4 is 10.2 Å². The van der Waals surface area contributed by atoms with Crippen molar-refractivity contribution >= 4 is 64.2 Å². The first kappa shape index (κ1) is 27.1. The molecule has 3 aliphatic rings. The molecule has 204 valence electrons. The number of hydrogen-bond acceptors (Lipinski definition) is 7. The second kappa shape index (κ2) is 11.0. The molecule has 1 heterocycles. The van der Waals surface area contributed by atoms with Crippen molar-refractivity contribution in [2.24, 2.45) is 23.7 Å². The number of alkyl halides is 2. The predicted octanol–water partition coefficient (Wildman–Crippen LogP) is 4.02. The molecule has 3 fully saturated rings. The normalized spacial score (nSPS) is 26.9. The summed E-state index contributed by atoms with van der Waals surface area (Å²) in [6.45, 7) is 1.65. The van der Waals surface area contributed by atoms with Crippen molar-refractivity contribution in [3.8, 4) is 0 Å². The molecule has 2 aromatic rings. The quantitative estimate of drug-likeness (QED) is 0.288. The first-order chi connectivity index (χ1) is 18.7. The van der Waals surface area contributed by atoms with Crippen molar-refractivity contribution in [2.75, 3.05) is 23.4 Å². The molecule has 6 atom stereocenters. The largest absolute Gasteiger partial charge is 0.462 e. The summed E-state index contributed by atoms with van der Waals surface area (Å²) in [7, 11) is 0. The van der Waals surface area contributed by atoms with Crippen LogP contribution in [0.2, 0.25) is 0 Å². The molecule has 1 saturated heterocycles. The Bertz CT molecular complexity index is 1300. The van der Waals surface area contributed by atoms with Gasteiger partial charge in [-0.2, -0.15) is 0 Å². The molecule has 0 unspecified atom stereocenters. The van der Waals surface area contributed by atoms with E-state index in [2.05, 4.69) is 5.32 Å². The third-order valence-electron chi connectivity index (χ3n) is 7.50. The maximum atomic E-state index is 13.2. The van der Waals surface area contributed by atoms with Crippen molar-refractivity contribution in [1.82, 2.24) is 0 Å². The second-order valence-corrected chi connectivity index (χ2v) is 10.9. The van der Waals surface area contributed by atoms with Crippen LogP contribution in [0.15, 0.2) is 48.5 Å². The van der Waals surface area contributed by atoms with Gasteiger partial charge in [-0.15, -0.1) is 23.2 Å². The highest BCUT2D eigenvalue weighted by Gasteiger charge is 2.66. The number of ether oxygens (including phenoxy) is 2. The van der Waals surface area contributed by atoms with E-state index in [4.69, 9.17) is 32.7 Å². The number of imide groups is 1. The third-order valence-corrected chi connectivity index (χ3v) is 8.82. The minimum atomic E-state index is -0.790. The van der Waals surface area contributed by atoms with Crippen LogP contribution in [0.4, 0.5) is 11.4 Å². The Hall–Kier alpha value is -3.43. The molecule has 2 bridgehead atoms. The number of anilines is 2. The van der Waals surface area contributed by atoms with E-state index < -0.39 is 36.3 Å². The first-order valence-corrected chi connectivity index (χ1v) is 13.6. The van der Waals surface area contributed by atoms with Gasteiger partial charge in [-0.05, 0) is 67.1 Å². The second-order valence-electron chi connectivity index (χ2n) is 9.90. The molecule has 9 nitrogen and oxygen atoms in total. The topological polar surface area (TPSA) is 119 Å². The highest BCUT2D eigenvalue weighted by atomic mass is 35.5. The Morgan fingerprint density at radius 2 is 1.51 bits per heavy atom. The maximum absolute atomic E-state index is 13.2. The molecule has 0 spiro atoms. The van der Waals surface area contributed by atoms with Crippen LogP contribution in [0.25, 0.3) is 0 Å². The Morgan fingerprint density at radius 3 is 2.13 bits per heavy atom. The van der Waals surface area contributed by atoms with E-state index in [0.29, 0.717) is 30.7 Å². The summed E-state index contributed by atoms with van der Waals surface area (Å²) in [5.74, 6) is -3.80. The van der Waals surface area contributed by atoms with Gasteiger partial charge in [0.15, 0.2) is 6.61 Å². The molecule has 1 N–H and O–H groups in total. The highest BCUT2D eigenvalue weighted by molar-refractivity contribution is 6.32. The smallest absolute Gasteiger partial charge is 0.338 e. The number of nitrogens with zero attached hydrogens (tertiary/aromatic N) is 1. The van der Waals surface area contributed by atoms with E-state index >= 15 is 0 Å². The van der Waals surface area contributed by atoms with Crippen LogP contribution in [0.1, 0.15) is 40.5 Å². The van der Waals surface area contributed by atoms with Gasteiger partial charge in [0.05, 0.1) is 46.0 Å². The number of amides is 3. The summed E-state index contributed by atoms with van der Waals surface area (Å²) in [6.07, 6.45) is 1.37. The lowest BCUT2D eigenvalue weighted by molar-refractivity contribution is -0.123. The molecule has 3 amide bonds. The van der Waals surface area contributed by atoms with E-state index in [1.807, 2.05) is 6.92 Å². The Balaban J connectivity index is 1.19. The molecule has 2 saturated carbocycles. The number of rotatable bonds is 8. The number of halogens is 2. The van der Waals surface area contributed by atoms with Crippen LogP contribution in [-0.2, 0) is 23.9 Å². The van der Waals surface area contributed by atoms with Gasteiger partial charge in [-0.25, -0.2) is 9.59 Å². The van der Waals surface area contributed by atoms with Crippen molar-refractivity contribution in [3.63, 3.8) is 0 Å². The van der Waals surface area contributed by atoms with Gasteiger partial charge in [-0.3, -0.25) is 19.3 Å². The number of carbonyl (C=O) groups excluding carboxylic acids is 5. The van der Waals surface area contributed by atoms with E-state index in [-0.39, 0.29) is 45.7 Å². The fourth-order valence-electron chi connectivity index (χ4n) is 5.75. The number of esters is 2. The average Bonchev–Trinajstić information content (AvgIpc) is 3.55. The van der Waals surface area contributed by atoms with E-state index in [1.165, 1.54) is 42.5 Å². The summed E-state index contributed by atoms with van der Waals surface area (Å²) in [4.78, 5) is 64.4. The minimum absolute atomic E-state index is 0.0846. The zero-order valence-corrected chi connectivity index (χ0v) is 22.5. The fourth-order valence-corrected chi connectivity index (χ4v) is 6.65. The van der Waals surface area contributed by atoms with Gasteiger partial charge in [0.2, 0.25) is 11.8 Å². The molecule has 2 aliphatic carbocycles. The Morgan fingerprint density at radius 1 is 0.897 bits per heavy atom. The first-order valence-electron chi connectivity index (χ1n) is 12.7. The molecule has 2 aromatic carbocycles. The van der Waals surface area contributed by atoms with Gasteiger partial charge in [0, 0.05) is 5.69 Å². The average molecular weight is 573 g/mol. The summed E-state index contributed by atoms with van der Waals surface area (Å²) in [5, 5.41) is 1.86. The predicted molar refractivity (Wildman–Crippen MR) is 143 cm³/mol. The molecule has 0 radical (unpaired) electrons. The lowest BCUT2D eigenvalue weighted by atomic mass is 9.80. The Labute approximate surface area is 234 Å². The van der Waals surface area contributed by atoms with Gasteiger partial charge >= 0.3 is 11.9 Å². The zero-order chi connectivity index (χ0) is 27.8. The van der Waals surface area contributed by atoms with Crippen molar-refractivity contribution in [2.45, 2.75) is 30.5 Å². The molecule has 11 heteroatoms. The number of carbonyl (C=O) groups is 5. The van der Waals surface area contributed by atoms with Crippen molar-refractivity contribution < 1.29 is 33.4 Å². The Kier molecular flexibility index (Phi) is 7.64. The summed E-state index contributed by atoms with van der Waals surface area (Å²) < 4.78 is 10.2. The van der Waals surface area contributed by atoms with Gasteiger partial charge in [0.1, 0.15) is 0 Å². The monoisotopic (exact) mass is 572 g/mol. The van der Waals surface area contributed by atoms with Crippen LogP contribution in [0.5, 0.6) is 0 Å². The van der Waals surface area contributed by atoms with E-state index in [9.17, 15) is 24.0 Å². The SMILES string of the molecule is CCCOC(=O)c1ccc(NC(=O)COC(=O)c2cccc(N3C(=O)[C@@H]4[C@H]5C[C@@H]([C@@H](Cl)[C@H]5Cl)[C@H]4C3=O)c2)cc1. The molecular weight excluding hydrogens is 547 g/mol. The van der Waals surface area contributed by atoms with Crippen LogP contribution in [0, 0.1) is 23.7 Å². The lowest BCUT2D eigenvalue weighted by Crippen LogP contribution is -2.37. The standard InChI is InChI=1S/C28H26Cl2N2O7/c1-2-10-38-27(36)14-6-8-16(9-7-14)31-20(33)13-39-28(37)15-4-3-5-17(11-15)32-25(34)21-18-12-19(22(21)26(32)35)24(30)23(18)29/h3-9,11,18-19,21-24H,2,10,12-13H2,1H3,(H,31,33)/t18-,19-,21-,22-,23-,24+/m1/s1. The molecule has 0 aromatic heterocycles. The molecule has 1 aliphatic heterocycles. The van der Waals surface area contributed by atoms with Gasteiger partial charge < -0.3 is 14.8 Å². The van der Waals surface area contributed by atoms with Crippen molar-refractivity contribution in [1.29, 1.82) is 0 Å². The van der Waals surface area contributed by atoms with Crippen LogP contribution in [0.3, 0.4) is 0 Å². The number of nitrogens with one attached hydrogen (secondary N) is 1. The maximum Gasteiger partial charge on any atom is 0.338 e. The summed E-state index contributed by atoms with van der Waals surface area (Å²) >= 11 is 12.8. The zero-order valence-electron chi connectivity index (χ0n) is 21.0. The number of benzene rings is 2. The van der Waals surface area contributed by atoms with Crippen LogP contribution >= 0.6 is 23.2 Å². The van der Waals surface area contributed by atoms with Gasteiger partial charge in [-0.1, -0.05) is 13.0 Å². The summed E-state index contributed by atoms with van der Waals surface area (Å²) in [5.41, 5.74) is 1.10. The number of fused-ring (bicyclic) bond motifs is 5. The molecule has 5 rings (SSSR count). The van der Waals surface area contributed by atoms with E-state index in [0.717, 1.165) is 4.90 Å². The minimum Gasteiger partial charge on any atom is -0.462 e. The molecule has 39 heavy (non-hydrogen) atoms. The third kappa shape index (κ3) is 5.01. The highest BCUT2D eigenvalue weighted by Crippen LogP contribution is 2.59. The number of hydrogen-bond donors (Lipinski definition) is 1. The molecular formula is C28H26Cl2N2O7. The lowest BCUT2D eigenvalue weighted by Gasteiger charge is -2.28. The van der Waals surface area contributed by atoms with Crippen LogP contribution in [-0.4, -0.2) is 53.6 Å². The fraction of sp³-hybridized carbons (Fsp3) is 0.393. The van der Waals surface area contributed by atoms with Crippen molar-refractivity contribution in [3.05, 3.63) is 59.7 Å². The van der Waals surface area contributed by atoms with Gasteiger partial charge in [0.25, 0.3) is 5.91 Å². The van der Waals surface area contributed by atoms with E-state index in [1.54, 1.807) is 6.07 Å².